The van der Waals surface area contributed by atoms with Gasteiger partial charge < -0.3 is 18.6 Å². The Kier molecular flexibility index (Phi) is 8.08. The molecule has 0 aliphatic heterocycles. The standard InChI is InChI=1S/C24H31NO5/c1-4-28-23(26)13-6-9-18-8-5-12-21(14-18)29-16-22-17(2)30-24(25-22)19-10-7-11-20(15-19)27-3/h6-7,10-11,13,15,18,21H,4-5,8-9,12,14,16H2,1-3H3/b13-6+. The smallest absolute Gasteiger partial charge is 0.330 e. The van der Waals surface area contributed by atoms with Crippen LogP contribution in [-0.2, 0) is 20.9 Å². The average Bonchev–Trinajstić information content (AvgIpc) is 3.13. The molecule has 6 nitrogen and oxygen atoms in total. The van der Waals surface area contributed by atoms with Gasteiger partial charge in [0.05, 0.1) is 26.4 Å². The molecule has 0 N–H and O–H groups in total. The Balaban J connectivity index is 1.52. The Morgan fingerprint density at radius 3 is 3.00 bits per heavy atom. The van der Waals surface area contributed by atoms with Crippen molar-refractivity contribution in [2.45, 2.75) is 58.7 Å². The van der Waals surface area contributed by atoms with Crippen molar-refractivity contribution >= 4 is 5.97 Å². The van der Waals surface area contributed by atoms with E-state index in [0.717, 1.165) is 54.9 Å². The molecular formula is C24H31NO5. The van der Waals surface area contributed by atoms with Crippen LogP contribution in [0.2, 0.25) is 0 Å². The second-order valence-electron chi connectivity index (χ2n) is 7.61. The molecule has 1 saturated carbocycles. The van der Waals surface area contributed by atoms with E-state index in [4.69, 9.17) is 18.6 Å². The zero-order valence-electron chi connectivity index (χ0n) is 18.1. The van der Waals surface area contributed by atoms with Crippen LogP contribution >= 0.6 is 0 Å². The molecule has 0 bridgehead atoms. The molecule has 1 heterocycles. The van der Waals surface area contributed by atoms with Crippen molar-refractivity contribution < 1.29 is 23.4 Å². The van der Waals surface area contributed by atoms with Crippen LogP contribution in [0.1, 0.15) is 50.5 Å². The Morgan fingerprint density at radius 1 is 1.33 bits per heavy atom. The summed E-state index contributed by atoms with van der Waals surface area (Å²) in [6.07, 6.45) is 8.88. The average molecular weight is 414 g/mol. The third-order valence-electron chi connectivity index (χ3n) is 5.41. The highest BCUT2D eigenvalue weighted by molar-refractivity contribution is 5.81. The number of allylic oxidation sites excluding steroid dienone is 1. The molecule has 1 aliphatic carbocycles. The van der Waals surface area contributed by atoms with Gasteiger partial charge in [0.25, 0.3) is 0 Å². The lowest BCUT2D eigenvalue weighted by atomic mass is 9.85. The van der Waals surface area contributed by atoms with E-state index in [1.807, 2.05) is 44.2 Å². The molecule has 1 aromatic heterocycles. The first-order chi connectivity index (χ1) is 14.6. The van der Waals surface area contributed by atoms with Gasteiger partial charge in [-0.15, -0.1) is 0 Å². The van der Waals surface area contributed by atoms with Crippen LogP contribution < -0.4 is 4.74 Å². The van der Waals surface area contributed by atoms with Gasteiger partial charge in [-0.2, -0.15) is 0 Å². The van der Waals surface area contributed by atoms with Gasteiger partial charge in [0.2, 0.25) is 5.89 Å². The minimum Gasteiger partial charge on any atom is -0.497 e. The van der Waals surface area contributed by atoms with Crippen molar-refractivity contribution in [1.82, 2.24) is 4.98 Å². The minimum atomic E-state index is -0.269. The van der Waals surface area contributed by atoms with Gasteiger partial charge in [-0.05, 0) is 63.6 Å². The van der Waals surface area contributed by atoms with Crippen molar-refractivity contribution in [3.05, 3.63) is 47.9 Å². The van der Waals surface area contributed by atoms with Gasteiger partial charge in [0.15, 0.2) is 0 Å². The summed E-state index contributed by atoms with van der Waals surface area (Å²) in [5.41, 5.74) is 1.71. The number of methoxy groups -OCH3 is 1. The molecule has 1 aliphatic rings. The molecule has 0 radical (unpaired) electrons. The van der Waals surface area contributed by atoms with Gasteiger partial charge in [-0.25, -0.2) is 9.78 Å². The van der Waals surface area contributed by atoms with Gasteiger partial charge in [-0.3, -0.25) is 0 Å². The van der Waals surface area contributed by atoms with Crippen LogP contribution in [0.5, 0.6) is 5.75 Å². The molecule has 2 aromatic rings. The summed E-state index contributed by atoms with van der Waals surface area (Å²) in [6, 6.07) is 7.67. The maximum absolute atomic E-state index is 11.4. The molecule has 1 aromatic carbocycles. The predicted octanol–water partition coefficient (Wildman–Crippen LogP) is 5.24. The van der Waals surface area contributed by atoms with E-state index >= 15 is 0 Å². The number of esters is 1. The van der Waals surface area contributed by atoms with Crippen molar-refractivity contribution in [3.63, 3.8) is 0 Å². The third kappa shape index (κ3) is 6.20. The number of aryl methyl sites for hydroxylation is 1. The van der Waals surface area contributed by atoms with Crippen molar-refractivity contribution in [2.24, 2.45) is 5.92 Å². The topological polar surface area (TPSA) is 70.8 Å². The fourth-order valence-electron chi connectivity index (χ4n) is 3.79. The van der Waals surface area contributed by atoms with Crippen LogP contribution in [0, 0.1) is 12.8 Å². The summed E-state index contributed by atoms with van der Waals surface area (Å²) < 4.78 is 22.2. The summed E-state index contributed by atoms with van der Waals surface area (Å²) in [5, 5.41) is 0. The van der Waals surface area contributed by atoms with E-state index in [-0.39, 0.29) is 12.1 Å². The molecule has 2 unspecified atom stereocenters. The number of benzene rings is 1. The van der Waals surface area contributed by atoms with Crippen LogP contribution in [0.15, 0.2) is 40.8 Å². The highest BCUT2D eigenvalue weighted by atomic mass is 16.5. The number of oxazole rings is 1. The first-order valence-corrected chi connectivity index (χ1v) is 10.6. The van der Waals surface area contributed by atoms with Crippen LogP contribution in [0.4, 0.5) is 0 Å². The summed E-state index contributed by atoms with van der Waals surface area (Å²) >= 11 is 0. The zero-order valence-corrected chi connectivity index (χ0v) is 18.1. The highest BCUT2D eigenvalue weighted by Crippen LogP contribution is 2.30. The van der Waals surface area contributed by atoms with Crippen LogP contribution in [0.3, 0.4) is 0 Å². The number of aromatic nitrogens is 1. The fourth-order valence-corrected chi connectivity index (χ4v) is 3.79. The largest absolute Gasteiger partial charge is 0.497 e. The second kappa shape index (κ2) is 11.0. The molecule has 6 heteroatoms. The lowest BCUT2D eigenvalue weighted by Gasteiger charge is -2.28. The molecule has 30 heavy (non-hydrogen) atoms. The van der Waals surface area contributed by atoms with Crippen molar-refractivity contribution in [1.29, 1.82) is 0 Å². The minimum absolute atomic E-state index is 0.205. The third-order valence-corrected chi connectivity index (χ3v) is 5.41. The lowest BCUT2D eigenvalue weighted by molar-refractivity contribution is -0.137. The van der Waals surface area contributed by atoms with E-state index < -0.39 is 0 Å². The lowest BCUT2D eigenvalue weighted by Crippen LogP contribution is -2.22. The maximum Gasteiger partial charge on any atom is 0.330 e. The SMILES string of the molecule is CCOC(=O)/C=C/CC1CCCC(OCc2nc(-c3cccc(OC)c3)oc2C)C1. The summed E-state index contributed by atoms with van der Waals surface area (Å²) in [7, 11) is 1.64. The summed E-state index contributed by atoms with van der Waals surface area (Å²) in [6.45, 7) is 4.57. The fraction of sp³-hybridized carbons (Fsp3) is 0.500. The number of nitrogens with zero attached hydrogens (tertiary/aromatic N) is 1. The summed E-state index contributed by atoms with van der Waals surface area (Å²) in [4.78, 5) is 16.1. The number of carbonyl (C=O) groups excluding carboxylic acids is 1. The molecule has 0 spiro atoms. The molecule has 162 valence electrons. The quantitative estimate of drug-likeness (QED) is 0.413. The monoisotopic (exact) mass is 413 g/mol. The van der Waals surface area contributed by atoms with Crippen LogP contribution in [0.25, 0.3) is 11.5 Å². The van der Waals surface area contributed by atoms with E-state index in [9.17, 15) is 4.79 Å². The number of carbonyl (C=O) groups is 1. The van der Waals surface area contributed by atoms with E-state index in [0.29, 0.717) is 25.0 Å². The molecular weight excluding hydrogens is 382 g/mol. The number of rotatable bonds is 9. The maximum atomic E-state index is 11.4. The zero-order chi connectivity index (χ0) is 21.3. The predicted molar refractivity (Wildman–Crippen MR) is 114 cm³/mol. The summed E-state index contributed by atoms with van der Waals surface area (Å²) in [5.74, 6) is 2.38. The molecule has 0 saturated heterocycles. The number of hydrogen-bond donors (Lipinski definition) is 0. The van der Waals surface area contributed by atoms with Gasteiger partial charge in [0, 0.05) is 11.6 Å². The van der Waals surface area contributed by atoms with Crippen molar-refractivity contribution in [2.75, 3.05) is 13.7 Å². The van der Waals surface area contributed by atoms with Gasteiger partial charge >= 0.3 is 5.97 Å². The molecule has 2 atom stereocenters. The normalized spacial score (nSPS) is 19.2. The number of ether oxygens (including phenoxy) is 3. The molecule has 3 rings (SSSR count). The second-order valence-corrected chi connectivity index (χ2v) is 7.61. The Hall–Kier alpha value is -2.60. The Bertz CT molecular complexity index is 857. The van der Waals surface area contributed by atoms with E-state index in [1.165, 1.54) is 6.08 Å². The molecule has 0 amide bonds. The van der Waals surface area contributed by atoms with Crippen LogP contribution in [-0.4, -0.2) is 30.8 Å². The van der Waals surface area contributed by atoms with Crippen molar-refractivity contribution in [3.8, 4) is 17.2 Å². The van der Waals surface area contributed by atoms with E-state index in [2.05, 4.69) is 4.98 Å². The highest BCUT2D eigenvalue weighted by Gasteiger charge is 2.23. The van der Waals surface area contributed by atoms with E-state index in [1.54, 1.807) is 7.11 Å². The Morgan fingerprint density at radius 2 is 2.20 bits per heavy atom. The number of hydrogen-bond acceptors (Lipinski definition) is 6. The van der Waals surface area contributed by atoms with Gasteiger partial charge in [-0.1, -0.05) is 18.6 Å². The first-order valence-electron chi connectivity index (χ1n) is 10.6. The van der Waals surface area contributed by atoms with Gasteiger partial charge in [0.1, 0.15) is 17.2 Å². The molecule has 1 fully saturated rings. The Labute approximate surface area is 178 Å². The first kappa shape index (κ1) is 22.1.